The van der Waals surface area contributed by atoms with Crippen molar-refractivity contribution in [2.75, 3.05) is 14.2 Å². The van der Waals surface area contributed by atoms with Crippen LogP contribution in [0.3, 0.4) is 0 Å². The van der Waals surface area contributed by atoms with Crippen molar-refractivity contribution in [1.29, 1.82) is 0 Å². The van der Waals surface area contributed by atoms with E-state index in [2.05, 4.69) is 0 Å². The molecule has 0 spiro atoms. The molecule has 1 rings (SSSR count). The first-order chi connectivity index (χ1) is 7.06. The summed E-state index contributed by atoms with van der Waals surface area (Å²) in [6, 6.07) is 0. The van der Waals surface area contributed by atoms with Gasteiger partial charge in [0.25, 0.3) is 0 Å². The molecular formula is C10H12O5. The minimum Gasteiger partial charge on any atom is -0.494 e. The molecule has 82 valence electrons. The molecule has 0 bridgehead atoms. The normalized spacial score (nSPS) is 24.7. The second-order valence-electron chi connectivity index (χ2n) is 2.87. The van der Waals surface area contributed by atoms with Crippen molar-refractivity contribution in [2.45, 2.75) is 12.7 Å². The van der Waals surface area contributed by atoms with Crippen molar-refractivity contribution in [3.8, 4) is 0 Å². The Morgan fingerprint density at radius 3 is 2.53 bits per heavy atom. The maximum absolute atomic E-state index is 11.6. The number of ether oxygens (including phenoxy) is 3. The number of carbonyl (C=O) groups is 2. The predicted octanol–water partition coefficient (Wildman–Crippen LogP) is 0.561. The summed E-state index contributed by atoms with van der Waals surface area (Å²) in [4.78, 5) is 22.6. The first-order valence-corrected chi connectivity index (χ1v) is 4.29. The molecular weight excluding hydrogens is 200 g/mol. The van der Waals surface area contributed by atoms with Crippen LogP contribution in [0.5, 0.6) is 0 Å². The molecule has 0 amide bonds. The van der Waals surface area contributed by atoms with Gasteiger partial charge >= 0.3 is 11.8 Å². The number of allylic oxidation sites excluding steroid dienone is 2. The summed E-state index contributed by atoms with van der Waals surface area (Å²) in [6.07, 6.45) is 4.27. The van der Waals surface area contributed by atoms with Crippen LogP contribution in [0.2, 0.25) is 0 Å². The number of carbonyl (C=O) groups excluding carboxylic acids is 2. The molecule has 0 saturated heterocycles. The van der Waals surface area contributed by atoms with Gasteiger partial charge in [-0.15, -0.1) is 0 Å². The van der Waals surface area contributed by atoms with E-state index < -0.39 is 17.5 Å². The number of rotatable bonds is 3. The molecule has 0 heterocycles. The van der Waals surface area contributed by atoms with E-state index in [1.54, 1.807) is 0 Å². The van der Waals surface area contributed by atoms with Gasteiger partial charge in [-0.1, -0.05) is 6.08 Å². The van der Waals surface area contributed by atoms with Crippen LogP contribution < -0.4 is 0 Å². The van der Waals surface area contributed by atoms with E-state index >= 15 is 0 Å². The van der Waals surface area contributed by atoms with Gasteiger partial charge in [0.1, 0.15) is 0 Å². The zero-order valence-electron chi connectivity index (χ0n) is 8.77. The van der Waals surface area contributed by atoms with Gasteiger partial charge in [0, 0.05) is 14.0 Å². The smallest absolute Gasteiger partial charge is 0.336 e. The molecule has 0 saturated carbocycles. The summed E-state index contributed by atoms with van der Waals surface area (Å²) >= 11 is 0. The summed E-state index contributed by atoms with van der Waals surface area (Å²) in [5.74, 6) is -2.73. The molecule has 15 heavy (non-hydrogen) atoms. The van der Waals surface area contributed by atoms with E-state index in [0.29, 0.717) is 0 Å². The largest absolute Gasteiger partial charge is 0.494 e. The maximum atomic E-state index is 11.6. The van der Waals surface area contributed by atoms with Gasteiger partial charge in [-0.3, -0.25) is 9.59 Å². The van der Waals surface area contributed by atoms with Gasteiger partial charge in [0.05, 0.1) is 7.11 Å². The molecule has 1 unspecified atom stereocenters. The highest BCUT2D eigenvalue weighted by molar-refractivity contribution is 6.00. The first kappa shape index (κ1) is 11.5. The second-order valence-corrected chi connectivity index (χ2v) is 2.87. The van der Waals surface area contributed by atoms with Gasteiger partial charge in [-0.25, -0.2) is 0 Å². The number of ketones is 1. The molecule has 5 heteroatoms. The molecule has 0 aliphatic heterocycles. The fraction of sp³-hybridized carbons (Fsp3) is 0.400. The van der Waals surface area contributed by atoms with E-state index in [9.17, 15) is 9.59 Å². The highest BCUT2D eigenvalue weighted by Gasteiger charge is 2.47. The van der Waals surface area contributed by atoms with Crippen LogP contribution in [0.1, 0.15) is 6.92 Å². The number of hydrogen-bond acceptors (Lipinski definition) is 5. The molecule has 0 fully saturated rings. The lowest BCUT2D eigenvalue weighted by molar-refractivity contribution is -0.212. The minimum atomic E-state index is -1.77. The zero-order valence-corrected chi connectivity index (χ0v) is 8.77. The van der Waals surface area contributed by atoms with Crippen molar-refractivity contribution in [2.24, 2.45) is 0 Å². The maximum Gasteiger partial charge on any atom is 0.336 e. The van der Waals surface area contributed by atoms with Crippen LogP contribution in [-0.4, -0.2) is 31.8 Å². The molecule has 0 aromatic carbocycles. The first-order valence-electron chi connectivity index (χ1n) is 4.29. The van der Waals surface area contributed by atoms with Crippen LogP contribution in [0.4, 0.5) is 0 Å². The standard InChI is InChI=1S/C10H12O5/c1-7(11)15-10(14-3)8(12)5-4-6-9(10)13-2/h4-6H,1-3H3. The van der Waals surface area contributed by atoms with E-state index in [1.165, 1.54) is 39.4 Å². The van der Waals surface area contributed by atoms with Gasteiger partial charge in [0.15, 0.2) is 5.76 Å². The van der Waals surface area contributed by atoms with Crippen molar-refractivity contribution in [3.05, 3.63) is 24.0 Å². The second kappa shape index (κ2) is 4.27. The molecule has 1 aliphatic rings. The average Bonchev–Trinajstić information content (AvgIpc) is 2.20. The highest BCUT2D eigenvalue weighted by Crippen LogP contribution is 2.28. The Balaban J connectivity index is 3.13. The van der Waals surface area contributed by atoms with Crippen molar-refractivity contribution in [1.82, 2.24) is 0 Å². The Morgan fingerprint density at radius 2 is 2.07 bits per heavy atom. The quantitative estimate of drug-likeness (QED) is 0.505. The Morgan fingerprint density at radius 1 is 1.40 bits per heavy atom. The van der Waals surface area contributed by atoms with E-state index in [4.69, 9.17) is 14.2 Å². The summed E-state index contributed by atoms with van der Waals surface area (Å²) in [5.41, 5.74) is 0. The van der Waals surface area contributed by atoms with Gasteiger partial charge in [0.2, 0.25) is 5.78 Å². The third-order valence-electron chi connectivity index (χ3n) is 1.94. The lowest BCUT2D eigenvalue weighted by Gasteiger charge is -2.31. The van der Waals surface area contributed by atoms with Crippen molar-refractivity contribution >= 4 is 11.8 Å². The van der Waals surface area contributed by atoms with Crippen LogP contribution in [0.15, 0.2) is 24.0 Å². The zero-order chi connectivity index (χ0) is 11.5. The summed E-state index contributed by atoms with van der Waals surface area (Å²) < 4.78 is 14.8. The molecule has 1 aliphatic carbocycles. The average molecular weight is 212 g/mol. The Bertz CT molecular complexity index is 342. The number of hydrogen-bond donors (Lipinski definition) is 0. The molecule has 5 nitrogen and oxygen atoms in total. The van der Waals surface area contributed by atoms with Crippen LogP contribution in [0.25, 0.3) is 0 Å². The fourth-order valence-corrected chi connectivity index (χ4v) is 1.31. The summed E-state index contributed by atoms with van der Waals surface area (Å²) in [6.45, 7) is 1.19. The van der Waals surface area contributed by atoms with Crippen LogP contribution in [-0.2, 0) is 23.8 Å². The Hall–Kier alpha value is -1.62. The third kappa shape index (κ3) is 1.92. The third-order valence-corrected chi connectivity index (χ3v) is 1.94. The molecule has 0 aromatic heterocycles. The van der Waals surface area contributed by atoms with E-state index in [0.717, 1.165) is 0 Å². The molecule has 0 radical (unpaired) electrons. The lowest BCUT2D eigenvalue weighted by Crippen LogP contribution is -2.47. The number of esters is 1. The topological polar surface area (TPSA) is 61.8 Å². The van der Waals surface area contributed by atoms with Crippen molar-refractivity contribution in [3.63, 3.8) is 0 Å². The van der Waals surface area contributed by atoms with Crippen LogP contribution >= 0.6 is 0 Å². The highest BCUT2D eigenvalue weighted by atomic mass is 16.7. The Labute approximate surface area is 87.3 Å². The predicted molar refractivity (Wildman–Crippen MR) is 50.7 cm³/mol. The van der Waals surface area contributed by atoms with Gasteiger partial charge in [-0.2, -0.15) is 0 Å². The van der Waals surface area contributed by atoms with Crippen molar-refractivity contribution < 1.29 is 23.8 Å². The van der Waals surface area contributed by atoms with Gasteiger partial charge in [-0.05, 0) is 12.2 Å². The fourth-order valence-electron chi connectivity index (χ4n) is 1.31. The van der Waals surface area contributed by atoms with Crippen LogP contribution in [0, 0.1) is 0 Å². The molecule has 0 N–H and O–H groups in total. The number of methoxy groups -OCH3 is 2. The van der Waals surface area contributed by atoms with E-state index in [-0.39, 0.29) is 5.76 Å². The lowest BCUT2D eigenvalue weighted by atomic mass is 10.0. The summed E-state index contributed by atoms with van der Waals surface area (Å²) in [5, 5.41) is 0. The minimum absolute atomic E-state index is 0.146. The molecule has 1 atom stereocenters. The SMILES string of the molecule is COC1=CC=CC(=O)C1(OC)OC(C)=O. The van der Waals surface area contributed by atoms with Gasteiger partial charge < -0.3 is 14.2 Å². The summed E-state index contributed by atoms with van der Waals surface area (Å²) in [7, 11) is 2.64. The molecule has 0 aromatic rings. The van der Waals surface area contributed by atoms with E-state index in [1.807, 2.05) is 0 Å². The Kier molecular flexibility index (Phi) is 3.26. The monoisotopic (exact) mass is 212 g/mol.